The first-order valence-electron chi connectivity index (χ1n) is 5.25. The van der Waals surface area contributed by atoms with E-state index in [0.29, 0.717) is 11.3 Å². The minimum Gasteiger partial charge on any atom is -0.399 e. The first-order valence-corrected chi connectivity index (χ1v) is 5.25. The molecule has 0 bridgehead atoms. The van der Waals surface area contributed by atoms with E-state index in [1.807, 2.05) is 6.92 Å². The lowest BCUT2D eigenvalue weighted by Gasteiger charge is -2.11. The van der Waals surface area contributed by atoms with E-state index in [-0.39, 0.29) is 18.4 Å². The van der Waals surface area contributed by atoms with Gasteiger partial charge >= 0.3 is 0 Å². The van der Waals surface area contributed by atoms with E-state index < -0.39 is 0 Å². The summed E-state index contributed by atoms with van der Waals surface area (Å²) in [5.74, 6) is -0.449. The number of amides is 2. The molecule has 0 aliphatic rings. The van der Waals surface area contributed by atoms with Gasteiger partial charge in [-0.25, -0.2) is 0 Å². The second kappa shape index (κ2) is 5.34. The molecule has 0 radical (unpaired) electrons. The van der Waals surface area contributed by atoms with Gasteiger partial charge in [-0.3, -0.25) is 9.59 Å². The summed E-state index contributed by atoms with van der Waals surface area (Å²) in [4.78, 5) is 24.5. The molecule has 2 amide bonds. The molecule has 1 rings (SSSR count). The van der Waals surface area contributed by atoms with Gasteiger partial charge in [-0.2, -0.15) is 0 Å². The number of anilines is 1. The van der Waals surface area contributed by atoms with Crippen LogP contribution in [0.15, 0.2) is 18.2 Å². The average molecular weight is 235 g/mol. The van der Waals surface area contributed by atoms with Crippen molar-refractivity contribution in [1.82, 2.24) is 10.2 Å². The van der Waals surface area contributed by atoms with Crippen molar-refractivity contribution < 1.29 is 9.59 Å². The predicted octanol–water partition coefficient (Wildman–Crippen LogP) is 0.395. The van der Waals surface area contributed by atoms with Gasteiger partial charge in [0.05, 0.1) is 6.54 Å². The third-order valence-corrected chi connectivity index (χ3v) is 2.26. The molecule has 5 nitrogen and oxygen atoms in total. The minimum atomic E-state index is -0.296. The lowest BCUT2D eigenvalue weighted by molar-refractivity contribution is -0.127. The van der Waals surface area contributed by atoms with Crippen molar-refractivity contribution in [3.63, 3.8) is 0 Å². The van der Waals surface area contributed by atoms with Crippen LogP contribution in [0.2, 0.25) is 0 Å². The Kier molecular flexibility index (Phi) is 4.09. The molecular formula is C12H17N3O2. The highest BCUT2D eigenvalue weighted by atomic mass is 16.2. The molecule has 0 spiro atoms. The van der Waals surface area contributed by atoms with Gasteiger partial charge in [-0.05, 0) is 30.7 Å². The van der Waals surface area contributed by atoms with Gasteiger partial charge in [0.25, 0.3) is 5.91 Å². The number of nitrogens with one attached hydrogen (secondary N) is 1. The Hall–Kier alpha value is -2.04. The van der Waals surface area contributed by atoms with Crippen molar-refractivity contribution in [3.05, 3.63) is 29.3 Å². The molecule has 0 fully saturated rings. The summed E-state index contributed by atoms with van der Waals surface area (Å²) in [6.07, 6.45) is 0. The standard InChI is InChI=1S/C12H17N3O2/c1-8-4-9(6-10(13)5-8)12(17)14-7-11(16)15(2)3/h4-6H,7,13H2,1-3H3,(H,14,17). The van der Waals surface area contributed by atoms with Crippen LogP contribution in [-0.2, 0) is 4.79 Å². The minimum absolute atomic E-state index is 0.0142. The molecule has 92 valence electrons. The second-order valence-electron chi connectivity index (χ2n) is 4.10. The molecule has 1 aromatic rings. The van der Waals surface area contributed by atoms with Crippen molar-refractivity contribution in [2.24, 2.45) is 0 Å². The molecule has 17 heavy (non-hydrogen) atoms. The van der Waals surface area contributed by atoms with Crippen LogP contribution in [0.4, 0.5) is 5.69 Å². The highest BCUT2D eigenvalue weighted by Crippen LogP contribution is 2.10. The maximum absolute atomic E-state index is 11.7. The number of nitrogens with zero attached hydrogens (tertiary/aromatic N) is 1. The van der Waals surface area contributed by atoms with Crippen LogP contribution in [0.1, 0.15) is 15.9 Å². The summed E-state index contributed by atoms with van der Waals surface area (Å²) in [6.45, 7) is 1.85. The number of nitrogen functional groups attached to an aromatic ring is 1. The molecule has 0 saturated heterocycles. The molecule has 3 N–H and O–H groups in total. The lowest BCUT2D eigenvalue weighted by atomic mass is 10.1. The fourth-order valence-corrected chi connectivity index (χ4v) is 1.36. The number of carbonyl (C=O) groups excluding carboxylic acids is 2. The number of nitrogens with two attached hydrogens (primary N) is 1. The smallest absolute Gasteiger partial charge is 0.251 e. The summed E-state index contributed by atoms with van der Waals surface area (Å²) in [5, 5.41) is 2.55. The molecule has 0 atom stereocenters. The maximum atomic E-state index is 11.7. The van der Waals surface area contributed by atoms with E-state index in [0.717, 1.165) is 5.56 Å². The van der Waals surface area contributed by atoms with Crippen molar-refractivity contribution in [3.8, 4) is 0 Å². The van der Waals surface area contributed by atoms with Crippen LogP contribution in [0.5, 0.6) is 0 Å². The molecule has 0 heterocycles. The van der Waals surface area contributed by atoms with Crippen LogP contribution >= 0.6 is 0 Å². The Morgan fingerprint density at radius 3 is 2.47 bits per heavy atom. The lowest BCUT2D eigenvalue weighted by Crippen LogP contribution is -2.36. The van der Waals surface area contributed by atoms with Gasteiger partial charge in [0.2, 0.25) is 5.91 Å². The largest absolute Gasteiger partial charge is 0.399 e. The number of hydrogen-bond acceptors (Lipinski definition) is 3. The van der Waals surface area contributed by atoms with E-state index >= 15 is 0 Å². The molecule has 0 unspecified atom stereocenters. The Balaban J connectivity index is 2.67. The van der Waals surface area contributed by atoms with Crippen molar-refractivity contribution in [1.29, 1.82) is 0 Å². The van der Waals surface area contributed by atoms with Gasteiger partial charge in [0.1, 0.15) is 0 Å². The van der Waals surface area contributed by atoms with Crippen LogP contribution in [-0.4, -0.2) is 37.4 Å². The van der Waals surface area contributed by atoms with Crippen molar-refractivity contribution >= 4 is 17.5 Å². The Bertz CT molecular complexity index is 421. The highest BCUT2D eigenvalue weighted by Gasteiger charge is 2.09. The molecule has 0 aliphatic carbocycles. The number of carbonyl (C=O) groups is 2. The first-order chi connectivity index (χ1) is 7.90. The summed E-state index contributed by atoms with van der Waals surface area (Å²) < 4.78 is 0. The van der Waals surface area contributed by atoms with E-state index in [1.165, 1.54) is 4.90 Å². The third kappa shape index (κ3) is 3.79. The fourth-order valence-electron chi connectivity index (χ4n) is 1.36. The van der Waals surface area contributed by atoms with Crippen LogP contribution < -0.4 is 11.1 Å². The summed E-state index contributed by atoms with van der Waals surface area (Å²) in [6, 6.07) is 5.09. The van der Waals surface area contributed by atoms with Gasteiger partial charge in [0.15, 0.2) is 0 Å². The molecule has 0 saturated carbocycles. The van der Waals surface area contributed by atoms with Crippen LogP contribution in [0.25, 0.3) is 0 Å². The highest BCUT2D eigenvalue weighted by molar-refractivity contribution is 5.97. The van der Waals surface area contributed by atoms with Gasteiger partial charge in [-0.15, -0.1) is 0 Å². The van der Waals surface area contributed by atoms with Crippen molar-refractivity contribution in [2.45, 2.75) is 6.92 Å². The van der Waals surface area contributed by atoms with Crippen molar-refractivity contribution in [2.75, 3.05) is 26.4 Å². The summed E-state index contributed by atoms with van der Waals surface area (Å²) in [5.41, 5.74) is 7.56. The average Bonchev–Trinajstić information content (AvgIpc) is 2.23. The van der Waals surface area contributed by atoms with E-state index in [9.17, 15) is 9.59 Å². The normalized spacial score (nSPS) is 9.82. The Morgan fingerprint density at radius 1 is 1.29 bits per heavy atom. The predicted molar refractivity (Wildman–Crippen MR) is 66.6 cm³/mol. The van der Waals surface area contributed by atoms with Gasteiger partial charge in [-0.1, -0.05) is 0 Å². The molecule has 1 aromatic carbocycles. The zero-order valence-corrected chi connectivity index (χ0v) is 10.3. The quantitative estimate of drug-likeness (QED) is 0.744. The third-order valence-electron chi connectivity index (χ3n) is 2.26. The molecular weight excluding hydrogens is 218 g/mol. The van der Waals surface area contributed by atoms with Crippen LogP contribution in [0.3, 0.4) is 0 Å². The topological polar surface area (TPSA) is 75.4 Å². The Morgan fingerprint density at radius 2 is 1.94 bits per heavy atom. The Labute approximate surface area is 101 Å². The molecule has 5 heteroatoms. The van der Waals surface area contributed by atoms with Gasteiger partial charge in [0, 0.05) is 25.3 Å². The monoisotopic (exact) mass is 235 g/mol. The fraction of sp³-hybridized carbons (Fsp3) is 0.333. The number of benzene rings is 1. The first kappa shape index (κ1) is 13.0. The molecule has 0 aliphatic heterocycles. The van der Waals surface area contributed by atoms with E-state index in [2.05, 4.69) is 5.32 Å². The van der Waals surface area contributed by atoms with E-state index in [1.54, 1.807) is 32.3 Å². The number of rotatable bonds is 3. The number of aryl methyl sites for hydroxylation is 1. The molecule has 0 aromatic heterocycles. The SMILES string of the molecule is Cc1cc(N)cc(C(=O)NCC(=O)N(C)C)c1. The zero-order chi connectivity index (χ0) is 13.0. The summed E-state index contributed by atoms with van der Waals surface area (Å²) in [7, 11) is 3.28. The maximum Gasteiger partial charge on any atom is 0.251 e. The van der Waals surface area contributed by atoms with Crippen LogP contribution in [0, 0.1) is 6.92 Å². The summed E-state index contributed by atoms with van der Waals surface area (Å²) >= 11 is 0. The number of likely N-dealkylation sites (N-methyl/N-ethyl adjacent to an activating group) is 1. The second-order valence-corrected chi connectivity index (χ2v) is 4.10. The van der Waals surface area contributed by atoms with E-state index in [4.69, 9.17) is 5.73 Å². The number of hydrogen-bond donors (Lipinski definition) is 2. The zero-order valence-electron chi connectivity index (χ0n) is 10.3. The van der Waals surface area contributed by atoms with Gasteiger partial charge < -0.3 is 16.0 Å².